The van der Waals surface area contributed by atoms with Gasteiger partial charge in [-0.2, -0.15) is 0 Å². The Morgan fingerprint density at radius 1 is 1.16 bits per heavy atom. The highest BCUT2D eigenvalue weighted by Gasteiger charge is 2.72. The molecule has 1 aromatic rings. The minimum absolute atomic E-state index is 0.300. The second kappa shape index (κ2) is 4.34. The third-order valence-electron chi connectivity index (χ3n) is 4.54. The normalized spacial score (nSPS) is 27.4. The topological polar surface area (TPSA) is 35.5 Å². The molecule has 1 fully saturated rings. The van der Waals surface area contributed by atoms with Gasteiger partial charge in [0.25, 0.3) is 0 Å². The zero-order chi connectivity index (χ0) is 14.3. The largest absolute Gasteiger partial charge is 0.464 e. The summed E-state index contributed by atoms with van der Waals surface area (Å²) in [4.78, 5) is 12.5. The van der Waals surface area contributed by atoms with Crippen LogP contribution in [0.25, 0.3) is 0 Å². The minimum atomic E-state index is -1.01. The van der Waals surface area contributed by atoms with E-state index >= 15 is 0 Å². The average Bonchev–Trinajstić information content (AvgIpc) is 2.36. The molecule has 0 radical (unpaired) electrons. The summed E-state index contributed by atoms with van der Waals surface area (Å²) >= 11 is 0. The Kier molecular flexibility index (Phi) is 3.21. The van der Waals surface area contributed by atoms with Gasteiger partial charge in [0.05, 0.1) is 12.2 Å². The molecular weight excluding hydrogens is 240 g/mol. The molecule has 1 aliphatic heterocycles. The zero-order valence-electron chi connectivity index (χ0n) is 12.3. The summed E-state index contributed by atoms with van der Waals surface area (Å²) < 4.78 is 11.3. The average molecular weight is 262 g/mol. The smallest absolute Gasteiger partial charge is 0.343 e. The molecule has 0 aromatic heterocycles. The quantitative estimate of drug-likeness (QED) is 0.784. The van der Waals surface area contributed by atoms with Gasteiger partial charge < -0.3 is 9.47 Å². The van der Waals surface area contributed by atoms with Crippen molar-refractivity contribution in [1.82, 2.24) is 0 Å². The lowest BCUT2D eigenvalue weighted by Crippen LogP contribution is -2.73. The van der Waals surface area contributed by atoms with Crippen LogP contribution in [0.1, 0.15) is 40.2 Å². The lowest BCUT2D eigenvalue weighted by Gasteiger charge is -2.64. The number of benzene rings is 1. The summed E-state index contributed by atoms with van der Waals surface area (Å²) in [7, 11) is 0. The molecular formula is C16H22O3. The van der Waals surface area contributed by atoms with Crippen molar-refractivity contribution >= 4 is 5.97 Å². The fourth-order valence-electron chi connectivity index (χ4n) is 2.76. The van der Waals surface area contributed by atoms with E-state index in [9.17, 15) is 4.79 Å². The van der Waals surface area contributed by atoms with Crippen molar-refractivity contribution in [2.45, 2.75) is 45.8 Å². The summed E-state index contributed by atoms with van der Waals surface area (Å²) in [5.41, 5.74) is -0.852. The molecule has 0 saturated carbocycles. The number of hydrogen-bond acceptors (Lipinski definition) is 3. The maximum Gasteiger partial charge on any atom is 0.343 e. The molecule has 0 aliphatic carbocycles. The van der Waals surface area contributed by atoms with E-state index in [0.717, 1.165) is 5.56 Å². The van der Waals surface area contributed by atoms with Crippen molar-refractivity contribution in [1.29, 1.82) is 0 Å². The summed E-state index contributed by atoms with van der Waals surface area (Å²) in [6.45, 7) is 10.3. The van der Waals surface area contributed by atoms with E-state index in [0.29, 0.717) is 6.61 Å². The third kappa shape index (κ3) is 1.71. The number of carbonyl (C=O) groups is 1. The number of hydrogen-bond donors (Lipinski definition) is 0. The Morgan fingerprint density at radius 2 is 1.74 bits per heavy atom. The van der Waals surface area contributed by atoms with Crippen molar-refractivity contribution in [3.05, 3.63) is 35.9 Å². The van der Waals surface area contributed by atoms with Gasteiger partial charge in [0.15, 0.2) is 5.60 Å². The van der Waals surface area contributed by atoms with Crippen LogP contribution >= 0.6 is 0 Å². The van der Waals surface area contributed by atoms with Gasteiger partial charge in [-0.05, 0) is 26.3 Å². The van der Waals surface area contributed by atoms with E-state index < -0.39 is 5.60 Å². The van der Waals surface area contributed by atoms with E-state index in [-0.39, 0.29) is 17.0 Å². The van der Waals surface area contributed by atoms with Crippen LogP contribution in [0, 0.1) is 5.41 Å². The van der Waals surface area contributed by atoms with Crippen molar-refractivity contribution in [3.8, 4) is 0 Å². The molecule has 0 unspecified atom stereocenters. The first-order valence-corrected chi connectivity index (χ1v) is 6.72. The highest BCUT2D eigenvalue weighted by molar-refractivity contribution is 5.84. The Bertz CT molecular complexity index is 476. The van der Waals surface area contributed by atoms with Crippen LogP contribution in [0.2, 0.25) is 0 Å². The highest BCUT2D eigenvalue weighted by Crippen LogP contribution is 2.62. The van der Waals surface area contributed by atoms with Gasteiger partial charge in [-0.25, -0.2) is 4.79 Å². The van der Waals surface area contributed by atoms with Crippen LogP contribution in [0.15, 0.2) is 30.3 Å². The molecule has 1 atom stereocenters. The lowest BCUT2D eigenvalue weighted by atomic mass is 9.56. The molecule has 2 rings (SSSR count). The van der Waals surface area contributed by atoms with Gasteiger partial charge in [0.1, 0.15) is 0 Å². The summed E-state index contributed by atoms with van der Waals surface area (Å²) in [5.74, 6) is -0.300. The Labute approximate surface area is 114 Å². The zero-order valence-corrected chi connectivity index (χ0v) is 12.3. The maximum atomic E-state index is 12.5. The van der Waals surface area contributed by atoms with Crippen LogP contribution in [0.5, 0.6) is 0 Å². The number of carbonyl (C=O) groups excluding carboxylic acids is 1. The van der Waals surface area contributed by atoms with Crippen molar-refractivity contribution < 1.29 is 14.3 Å². The van der Waals surface area contributed by atoms with Gasteiger partial charge in [-0.3, -0.25) is 0 Å². The van der Waals surface area contributed by atoms with Gasteiger partial charge >= 0.3 is 5.97 Å². The lowest BCUT2D eigenvalue weighted by molar-refractivity contribution is -0.353. The highest BCUT2D eigenvalue weighted by atomic mass is 16.6. The van der Waals surface area contributed by atoms with Crippen molar-refractivity contribution in [2.24, 2.45) is 5.41 Å². The van der Waals surface area contributed by atoms with Gasteiger partial charge in [0.2, 0.25) is 0 Å². The van der Waals surface area contributed by atoms with Crippen LogP contribution in [-0.4, -0.2) is 18.2 Å². The van der Waals surface area contributed by atoms with Crippen molar-refractivity contribution in [2.75, 3.05) is 6.61 Å². The minimum Gasteiger partial charge on any atom is -0.464 e. The second-order valence-corrected chi connectivity index (χ2v) is 6.01. The van der Waals surface area contributed by atoms with E-state index in [1.165, 1.54) is 0 Å². The monoisotopic (exact) mass is 262 g/mol. The molecule has 0 spiro atoms. The van der Waals surface area contributed by atoms with E-state index in [1.54, 1.807) is 0 Å². The fraction of sp³-hybridized carbons (Fsp3) is 0.562. The fourth-order valence-corrected chi connectivity index (χ4v) is 2.76. The van der Waals surface area contributed by atoms with Crippen LogP contribution < -0.4 is 0 Å². The predicted molar refractivity (Wildman–Crippen MR) is 73.7 cm³/mol. The molecule has 1 aromatic carbocycles. The summed E-state index contributed by atoms with van der Waals surface area (Å²) in [6, 6.07) is 9.61. The van der Waals surface area contributed by atoms with Gasteiger partial charge in [-0.1, -0.05) is 44.2 Å². The molecule has 19 heavy (non-hydrogen) atoms. The number of ether oxygens (including phenoxy) is 2. The molecule has 0 amide bonds. The first-order valence-electron chi connectivity index (χ1n) is 6.72. The SMILES string of the molecule is CCOC(=O)[C@]1(c2ccccc2)OC(C)(C)C1(C)C. The molecule has 3 nitrogen and oxygen atoms in total. The second-order valence-electron chi connectivity index (χ2n) is 6.01. The molecule has 104 valence electrons. The predicted octanol–water partition coefficient (Wildman–Crippen LogP) is 3.28. The van der Waals surface area contributed by atoms with E-state index in [1.807, 2.05) is 51.1 Å². The van der Waals surface area contributed by atoms with Crippen LogP contribution in [0.3, 0.4) is 0 Å². The molecule has 0 bridgehead atoms. The Hall–Kier alpha value is -1.35. The first-order chi connectivity index (χ1) is 8.79. The van der Waals surface area contributed by atoms with E-state index in [2.05, 4.69) is 13.8 Å². The Balaban J connectivity index is 2.52. The number of esters is 1. The van der Waals surface area contributed by atoms with Crippen LogP contribution in [0.4, 0.5) is 0 Å². The Morgan fingerprint density at radius 3 is 2.16 bits per heavy atom. The first kappa shape index (κ1) is 14.1. The van der Waals surface area contributed by atoms with Gasteiger partial charge in [-0.15, -0.1) is 0 Å². The molecule has 1 saturated heterocycles. The standard InChI is InChI=1S/C16H22O3/c1-6-18-13(17)16(12-10-8-7-9-11-12)14(2,3)15(4,5)19-16/h7-11H,6H2,1-5H3/t16-/m0/s1. The summed E-state index contributed by atoms with van der Waals surface area (Å²) in [5, 5.41) is 0. The van der Waals surface area contributed by atoms with E-state index in [4.69, 9.17) is 9.47 Å². The van der Waals surface area contributed by atoms with Crippen molar-refractivity contribution in [3.63, 3.8) is 0 Å². The maximum absolute atomic E-state index is 12.5. The molecule has 1 heterocycles. The third-order valence-corrected chi connectivity index (χ3v) is 4.54. The molecule has 1 aliphatic rings. The van der Waals surface area contributed by atoms with Gasteiger partial charge in [0, 0.05) is 5.41 Å². The summed E-state index contributed by atoms with van der Waals surface area (Å²) in [6.07, 6.45) is 0. The molecule has 3 heteroatoms. The number of rotatable bonds is 3. The van der Waals surface area contributed by atoms with Crippen LogP contribution in [-0.2, 0) is 19.9 Å². The molecule has 0 N–H and O–H groups in total.